The van der Waals surface area contributed by atoms with Crippen molar-refractivity contribution in [1.82, 2.24) is 20.6 Å². The van der Waals surface area contributed by atoms with E-state index in [1.807, 2.05) is 48.5 Å². The van der Waals surface area contributed by atoms with Crippen molar-refractivity contribution < 1.29 is 24.2 Å². The van der Waals surface area contributed by atoms with Gasteiger partial charge < -0.3 is 20.5 Å². The molecular weight excluding hydrogens is 630 g/mol. The summed E-state index contributed by atoms with van der Waals surface area (Å²) in [7, 11) is 0. The number of hydrogen-bond donors (Lipinski definition) is 3. The minimum absolute atomic E-state index is 0.113. The lowest BCUT2D eigenvalue weighted by atomic mass is 9.86. The molecule has 260 valence electrons. The Balaban J connectivity index is 1.41. The molecule has 10 nitrogen and oxygen atoms in total. The maximum absolute atomic E-state index is 13.2. The van der Waals surface area contributed by atoms with Gasteiger partial charge in [-0.3, -0.25) is 14.4 Å². The molecule has 0 aliphatic carbocycles. The van der Waals surface area contributed by atoms with Gasteiger partial charge in [-0.15, -0.1) is 0 Å². The lowest BCUT2D eigenvalue weighted by Gasteiger charge is -2.21. The van der Waals surface area contributed by atoms with Crippen LogP contribution < -0.4 is 15.4 Å². The Morgan fingerprint density at radius 1 is 0.840 bits per heavy atom. The second-order valence-corrected chi connectivity index (χ2v) is 12.9. The summed E-state index contributed by atoms with van der Waals surface area (Å²) in [4.78, 5) is 46.9. The molecule has 0 aliphatic rings. The van der Waals surface area contributed by atoms with Crippen molar-refractivity contribution in [2.45, 2.75) is 83.7 Å². The van der Waals surface area contributed by atoms with E-state index in [4.69, 9.17) is 4.74 Å². The highest BCUT2D eigenvalue weighted by atomic mass is 16.5. The molecule has 0 saturated carbocycles. The van der Waals surface area contributed by atoms with Gasteiger partial charge in [0.2, 0.25) is 5.91 Å². The van der Waals surface area contributed by atoms with Crippen molar-refractivity contribution in [2.75, 3.05) is 6.61 Å². The van der Waals surface area contributed by atoms with Crippen molar-refractivity contribution in [3.8, 4) is 34.3 Å². The van der Waals surface area contributed by atoms with Crippen LogP contribution in [-0.2, 0) is 21.4 Å². The smallest absolute Gasteiger partial charge is 0.325 e. The van der Waals surface area contributed by atoms with Crippen molar-refractivity contribution in [3.63, 3.8) is 0 Å². The molecule has 0 aliphatic heterocycles. The van der Waals surface area contributed by atoms with E-state index in [0.717, 1.165) is 40.0 Å². The number of benzene rings is 3. The number of hydrogen-bond acceptors (Lipinski definition) is 7. The number of unbranched alkanes of at least 4 members (excludes halogenated alkanes) is 4. The van der Waals surface area contributed by atoms with Crippen molar-refractivity contribution in [2.24, 2.45) is 0 Å². The Bertz CT molecular complexity index is 1760. The zero-order valence-electron chi connectivity index (χ0n) is 29.1. The standard InChI is InChI=1S/C40H45N5O5/c1-5-6-7-8-9-22-50-34-20-16-29(17-21-34)32-24-42-36(43-25-32)30-12-10-28(11-13-30)23-35(38(47)44-27(2)39(48)49)45-37(46)31-14-18-33(19-15-31)40(3,4)26-41/h10-21,24-25,27,35H,5-9,22-23H2,1-4H3,(H,44,47)(H,45,46)(H,48,49)/t27-,35+/m1/s1. The monoisotopic (exact) mass is 675 g/mol. The summed E-state index contributed by atoms with van der Waals surface area (Å²) in [6.45, 7) is 7.84. The first-order valence-corrected chi connectivity index (χ1v) is 17.0. The van der Waals surface area contributed by atoms with E-state index in [9.17, 15) is 24.8 Å². The Kier molecular flexibility index (Phi) is 13.2. The predicted molar refractivity (Wildman–Crippen MR) is 192 cm³/mol. The second-order valence-electron chi connectivity index (χ2n) is 12.9. The van der Waals surface area contributed by atoms with Gasteiger partial charge in [-0.1, -0.05) is 81.1 Å². The second kappa shape index (κ2) is 17.7. The van der Waals surface area contributed by atoms with Gasteiger partial charge in [-0.05, 0) is 68.1 Å². The van der Waals surface area contributed by atoms with Gasteiger partial charge in [-0.25, -0.2) is 9.97 Å². The molecule has 4 aromatic rings. The van der Waals surface area contributed by atoms with Crippen LogP contribution in [0.15, 0.2) is 85.2 Å². The molecule has 2 atom stereocenters. The number of carboxylic acids is 1. The third-order valence-electron chi connectivity index (χ3n) is 8.51. The maximum atomic E-state index is 13.2. The van der Waals surface area contributed by atoms with Gasteiger partial charge in [0.25, 0.3) is 5.91 Å². The molecule has 3 N–H and O–H groups in total. The summed E-state index contributed by atoms with van der Waals surface area (Å²) in [5.74, 6) is -0.944. The van der Waals surface area contributed by atoms with Crippen LogP contribution in [0, 0.1) is 11.3 Å². The van der Waals surface area contributed by atoms with Gasteiger partial charge in [0.05, 0.1) is 18.1 Å². The zero-order chi connectivity index (χ0) is 36.1. The summed E-state index contributed by atoms with van der Waals surface area (Å²) in [5, 5.41) is 23.9. The van der Waals surface area contributed by atoms with Gasteiger partial charge in [0, 0.05) is 35.5 Å². The van der Waals surface area contributed by atoms with Crippen LogP contribution in [0.4, 0.5) is 0 Å². The number of carbonyl (C=O) groups excluding carboxylic acids is 2. The largest absolute Gasteiger partial charge is 0.494 e. The van der Waals surface area contributed by atoms with E-state index in [1.54, 1.807) is 50.5 Å². The number of nitrogens with one attached hydrogen (secondary N) is 2. The number of nitrogens with zero attached hydrogens (tertiary/aromatic N) is 3. The van der Waals surface area contributed by atoms with Gasteiger partial charge >= 0.3 is 5.97 Å². The Hall–Kier alpha value is -5.56. The van der Waals surface area contributed by atoms with E-state index in [0.29, 0.717) is 18.0 Å². The van der Waals surface area contributed by atoms with Gasteiger partial charge in [0.15, 0.2) is 5.82 Å². The summed E-state index contributed by atoms with van der Waals surface area (Å²) in [6.07, 6.45) is 9.63. The number of amides is 2. The molecule has 0 fully saturated rings. The maximum Gasteiger partial charge on any atom is 0.325 e. The highest BCUT2D eigenvalue weighted by molar-refractivity contribution is 5.98. The number of carbonyl (C=O) groups is 3. The lowest BCUT2D eigenvalue weighted by molar-refractivity contribution is -0.141. The normalized spacial score (nSPS) is 12.3. The fourth-order valence-electron chi connectivity index (χ4n) is 5.22. The van der Waals surface area contributed by atoms with E-state index in [2.05, 4.69) is 33.6 Å². The number of nitriles is 1. The quantitative estimate of drug-likeness (QED) is 0.102. The Morgan fingerprint density at radius 2 is 1.46 bits per heavy atom. The number of carboxylic acid groups (broad SMARTS) is 1. The molecule has 0 unspecified atom stereocenters. The number of aromatic nitrogens is 2. The van der Waals surface area contributed by atoms with E-state index < -0.39 is 35.3 Å². The number of ether oxygens (including phenoxy) is 1. The molecule has 50 heavy (non-hydrogen) atoms. The minimum atomic E-state index is -1.19. The molecule has 2 amide bonds. The molecule has 0 spiro atoms. The fourth-order valence-corrected chi connectivity index (χ4v) is 5.22. The van der Waals surface area contributed by atoms with Crippen molar-refractivity contribution in [3.05, 3.63) is 102 Å². The molecule has 3 aromatic carbocycles. The van der Waals surface area contributed by atoms with Crippen LogP contribution in [0.3, 0.4) is 0 Å². The topological polar surface area (TPSA) is 154 Å². The highest BCUT2D eigenvalue weighted by Crippen LogP contribution is 2.25. The average Bonchev–Trinajstić information content (AvgIpc) is 3.13. The Labute approximate surface area is 293 Å². The van der Waals surface area contributed by atoms with Crippen LogP contribution in [0.1, 0.15) is 81.3 Å². The summed E-state index contributed by atoms with van der Waals surface area (Å²) >= 11 is 0. The van der Waals surface area contributed by atoms with Gasteiger partial charge in [0.1, 0.15) is 17.8 Å². The molecule has 10 heteroatoms. The lowest BCUT2D eigenvalue weighted by Crippen LogP contribution is -2.51. The highest BCUT2D eigenvalue weighted by Gasteiger charge is 2.26. The van der Waals surface area contributed by atoms with Crippen LogP contribution in [0.25, 0.3) is 22.5 Å². The molecule has 0 radical (unpaired) electrons. The summed E-state index contributed by atoms with van der Waals surface area (Å²) < 4.78 is 5.88. The predicted octanol–water partition coefficient (Wildman–Crippen LogP) is 6.89. The van der Waals surface area contributed by atoms with E-state index in [-0.39, 0.29) is 6.42 Å². The van der Waals surface area contributed by atoms with Crippen LogP contribution >= 0.6 is 0 Å². The van der Waals surface area contributed by atoms with Crippen LogP contribution in [0.2, 0.25) is 0 Å². The Morgan fingerprint density at radius 3 is 2.06 bits per heavy atom. The molecule has 1 aromatic heterocycles. The number of rotatable bonds is 17. The summed E-state index contributed by atoms with van der Waals surface area (Å²) in [6, 6.07) is 21.9. The van der Waals surface area contributed by atoms with Crippen molar-refractivity contribution in [1.29, 1.82) is 5.26 Å². The first kappa shape index (κ1) is 37.3. The zero-order valence-corrected chi connectivity index (χ0v) is 29.1. The molecule has 0 bridgehead atoms. The third-order valence-corrected chi connectivity index (χ3v) is 8.51. The first-order chi connectivity index (χ1) is 24.0. The summed E-state index contributed by atoms with van der Waals surface area (Å²) in [5.41, 5.74) is 3.70. The molecule has 1 heterocycles. The fraction of sp³-hybridized carbons (Fsp3) is 0.350. The minimum Gasteiger partial charge on any atom is -0.494 e. The van der Waals surface area contributed by atoms with E-state index in [1.165, 1.54) is 32.6 Å². The number of aliphatic carboxylic acids is 1. The van der Waals surface area contributed by atoms with Gasteiger partial charge in [-0.2, -0.15) is 5.26 Å². The average molecular weight is 676 g/mol. The van der Waals surface area contributed by atoms with E-state index >= 15 is 0 Å². The van der Waals surface area contributed by atoms with Crippen LogP contribution in [-0.4, -0.2) is 51.5 Å². The molecular formula is C40H45N5O5. The third kappa shape index (κ3) is 10.5. The first-order valence-electron chi connectivity index (χ1n) is 17.0. The molecule has 4 rings (SSSR count). The molecule has 0 saturated heterocycles. The van der Waals surface area contributed by atoms with Crippen molar-refractivity contribution >= 4 is 17.8 Å². The van der Waals surface area contributed by atoms with Crippen LogP contribution in [0.5, 0.6) is 5.75 Å². The SMILES string of the molecule is CCCCCCCOc1ccc(-c2cnc(-c3ccc(C[C@H](NC(=O)c4ccc(C(C)(C)C#N)cc4)C(=O)N[C@H](C)C(=O)O)cc3)nc2)cc1.